The first-order chi connectivity index (χ1) is 10.2. The number of quaternary nitrogens is 2. The van der Waals surface area contributed by atoms with E-state index in [1.165, 1.54) is 51.9 Å². The molecule has 0 saturated carbocycles. The van der Waals surface area contributed by atoms with Crippen molar-refractivity contribution in [2.45, 2.75) is 45.2 Å². The minimum atomic E-state index is -0.0391. The van der Waals surface area contributed by atoms with Crippen molar-refractivity contribution in [1.29, 1.82) is 0 Å². The Bertz CT molecular complexity index is 446. The number of hydrogen-bond acceptors (Lipinski definition) is 0. The van der Waals surface area contributed by atoms with Crippen LogP contribution in [-0.4, -0.2) is 32.2 Å². The Morgan fingerprint density at radius 3 is 2.33 bits per heavy atom. The second-order valence-electron chi connectivity index (χ2n) is 7.13. The molecule has 2 heterocycles. The lowest BCUT2D eigenvalue weighted by molar-refractivity contribution is -0.966. The molecule has 0 atom stereocenters. The molecule has 2 fully saturated rings. The Morgan fingerprint density at radius 2 is 1.67 bits per heavy atom. The number of halogens is 1. The first-order valence-corrected chi connectivity index (χ1v) is 8.64. The second kappa shape index (κ2) is 6.89. The summed E-state index contributed by atoms with van der Waals surface area (Å²) in [6, 6.07) is 8.11. The van der Waals surface area contributed by atoms with Gasteiger partial charge in [0, 0.05) is 18.4 Å². The van der Waals surface area contributed by atoms with E-state index in [-0.39, 0.29) is 5.82 Å². The standard InChI is InChI=1S/C18H27FN2/c1-15-6-12-21(13-7-15)17-8-10-20(11-9-17)14-16-4-2-3-5-18(16)19/h2-5,15,17H,6-14H2,1H3/p+2. The third-order valence-corrected chi connectivity index (χ3v) is 5.58. The lowest BCUT2D eigenvalue weighted by Gasteiger charge is -2.37. The van der Waals surface area contributed by atoms with Crippen molar-refractivity contribution in [3.63, 3.8) is 0 Å². The molecule has 2 nitrogen and oxygen atoms in total. The molecule has 0 bridgehead atoms. The smallest absolute Gasteiger partial charge is 0.132 e. The van der Waals surface area contributed by atoms with E-state index in [0.29, 0.717) is 0 Å². The van der Waals surface area contributed by atoms with Crippen LogP contribution in [0, 0.1) is 11.7 Å². The lowest BCUT2D eigenvalue weighted by atomic mass is 9.95. The third kappa shape index (κ3) is 3.83. The van der Waals surface area contributed by atoms with E-state index in [9.17, 15) is 4.39 Å². The molecule has 3 rings (SSSR count). The highest BCUT2D eigenvalue weighted by atomic mass is 19.1. The van der Waals surface area contributed by atoms with Crippen LogP contribution in [0.25, 0.3) is 0 Å². The number of piperidine rings is 2. The Labute approximate surface area is 127 Å². The first kappa shape index (κ1) is 15.0. The van der Waals surface area contributed by atoms with Crippen LogP contribution in [-0.2, 0) is 6.54 Å². The Kier molecular flexibility index (Phi) is 4.91. The van der Waals surface area contributed by atoms with Crippen molar-refractivity contribution >= 4 is 0 Å². The van der Waals surface area contributed by atoms with Gasteiger partial charge < -0.3 is 9.80 Å². The maximum atomic E-state index is 13.7. The molecular weight excluding hydrogens is 263 g/mol. The van der Waals surface area contributed by atoms with Crippen LogP contribution < -0.4 is 9.80 Å². The van der Waals surface area contributed by atoms with E-state index in [1.807, 2.05) is 17.0 Å². The van der Waals surface area contributed by atoms with Gasteiger partial charge in [-0.2, -0.15) is 0 Å². The van der Waals surface area contributed by atoms with Crippen LogP contribution in [0.5, 0.6) is 0 Å². The van der Waals surface area contributed by atoms with Gasteiger partial charge >= 0.3 is 0 Å². The number of likely N-dealkylation sites (tertiary alicyclic amines) is 2. The predicted octanol–water partition coefficient (Wildman–Crippen LogP) is 0.688. The van der Waals surface area contributed by atoms with E-state index in [4.69, 9.17) is 0 Å². The summed E-state index contributed by atoms with van der Waals surface area (Å²) in [5.74, 6) is 0.892. The van der Waals surface area contributed by atoms with E-state index in [2.05, 4.69) is 6.92 Å². The number of rotatable bonds is 3. The molecule has 2 saturated heterocycles. The highest BCUT2D eigenvalue weighted by molar-refractivity contribution is 5.15. The van der Waals surface area contributed by atoms with Gasteiger partial charge in [0.1, 0.15) is 12.4 Å². The van der Waals surface area contributed by atoms with Gasteiger partial charge in [0.05, 0.1) is 32.2 Å². The quantitative estimate of drug-likeness (QED) is 0.811. The van der Waals surface area contributed by atoms with Crippen LogP contribution in [0.1, 0.15) is 38.2 Å². The van der Waals surface area contributed by atoms with Crippen molar-refractivity contribution < 1.29 is 14.2 Å². The number of hydrogen-bond donors (Lipinski definition) is 2. The van der Waals surface area contributed by atoms with E-state index in [0.717, 1.165) is 24.1 Å². The van der Waals surface area contributed by atoms with Gasteiger partial charge in [0.2, 0.25) is 0 Å². The van der Waals surface area contributed by atoms with Gasteiger partial charge in [-0.05, 0) is 24.8 Å². The molecule has 2 aliphatic heterocycles. The van der Waals surface area contributed by atoms with Gasteiger partial charge in [-0.25, -0.2) is 4.39 Å². The summed E-state index contributed by atoms with van der Waals surface area (Å²) >= 11 is 0. The molecule has 2 aliphatic rings. The summed E-state index contributed by atoms with van der Waals surface area (Å²) in [6.45, 7) is 8.39. The van der Waals surface area contributed by atoms with Gasteiger partial charge in [-0.1, -0.05) is 25.1 Å². The minimum Gasteiger partial charge on any atom is -0.332 e. The van der Waals surface area contributed by atoms with Gasteiger partial charge in [-0.3, -0.25) is 0 Å². The monoisotopic (exact) mass is 292 g/mol. The molecule has 3 heteroatoms. The zero-order chi connectivity index (χ0) is 14.7. The molecule has 0 aromatic heterocycles. The molecule has 1 aromatic carbocycles. The van der Waals surface area contributed by atoms with Crippen molar-refractivity contribution in [3.8, 4) is 0 Å². The van der Waals surface area contributed by atoms with E-state index < -0.39 is 0 Å². The Morgan fingerprint density at radius 1 is 1.00 bits per heavy atom. The molecule has 0 radical (unpaired) electrons. The van der Waals surface area contributed by atoms with Gasteiger partial charge in [0.25, 0.3) is 0 Å². The van der Waals surface area contributed by atoms with Crippen LogP contribution in [0.15, 0.2) is 24.3 Å². The number of nitrogens with one attached hydrogen (secondary N) is 2. The maximum Gasteiger partial charge on any atom is 0.132 e. The van der Waals surface area contributed by atoms with Crippen molar-refractivity contribution in [3.05, 3.63) is 35.6 Å². The molecule has 1 aromatic rings. The summed E-state index contributed by atoms with van der Waals surface area (Å²) in [7, 11) is 0. The minimum absolute atomic E-state index is 0.0391. The molecular formula is C18H29FN2+2. The van der Waals surface area contributed by atoms with Gasteiger partial charge in [-0.15, -0.1) is 0 Å². The average molecular weight is 292 g/mol. The topological polar surface area (TPSA) is 8.88 Å². The van der Waals surface area contributed by atoms with E-state index >= 15 is 0 Å². The summed E-state index contributed by atoms with van der Waals surface area (Å²) in [4.78, 5) is 3.40. The van der Waals surface area contributed by atoms with E-state index in [1.54, 1.807) is 17.0 Å². The van der Waals surface area contributed by atoms with Crippen LogP contribution >= 0.6 is 0 Å². The fourth-order valence-electron chi connectivity index (χ4n) is 4.06. The molecule has 2 N–H and O–H groups in total. The summed E-state index contributed by atoms with van der Waals surface area (Å²) in [5.41, 5.74) is 0.880. The third-order valence-electron chi connectivity index (χ3n) is 5.58. The molecule has 0 amide bonds. The maximum absolute atomic E-state index is 13.7. The molecule has 0 spiro atoms. The normalized spacial score (nSPS) is 33.8. The molecule has 21 heavy (non-hydrogen) atoms. The summed E-state index contributed by atoms with van der Waals surface area (Å²) in [5, 5.41) is 0. The molecule has 0 unspecified atom stereocenters. The average Bonchev–Trinajstić information content (AvgIpc) is 2.51. The Balaban J connectivity index is 1.48. The molecule has 116 valence electrons. The predicted molar refractivity (Wildman–Crippen MR) is 82.9 cm³/mol. The van der Waals surface area contributed by atoms with Gasteiger partial charge in [0.15, 0.2) is 0 Å². The van der Waals surface area contributed by atoms with Crippen molar-refractivity contribution in [1.82, 2.24) is 0 Å². The van der Waals surface area contributed by atoms with Crippen LogP contribution in [0.3, 0.4) is 0 Å². The van der Waals surface area contributed by atoms with Crippen LogP contribution in [0.4, 0.5) is 4.39 Å². The zero-order valence-corrected chi connectivity index (χ0v) is 13.2. The molecule has 0 aliphatic carbocycles. The highest BCUT2D eigenvalue weighted by Gasteiger charge is 2.32. The second-order valence-corrected chi connectivity index (χ2v) is 7.13. The fraction of sp³-hybridized carbons (Fsp3) is 0.667. The Hall–Kier alpha value is -0.930. The SMILES string of the molecule is CC1CC[NH+](C2CC[NH+](Cc3ccccc3F)CC2)CC1. The lowest BCUT2D eigenvalue weighted by Crippen LogP contribution is -3.20. The summed E-state index contributed by atoms with van der Waals surface area (Å²) in [6.07, 6.45) is 5.43. The fourth-order valence-corrected chi connectivity index (χ4v) is 4.06. The summed E-state index contributed by atoms with van der Waals surface area (Å²) < 4.78 is 13.7. The van der Waals surface area contributed by atoms with Crippen LogP contribution in [0.2, 0.25) is 0 Å². The number of benzene rings is 1. The highest BCUT2D eigenvalue weighted by Crippen LogP contribution is 2.09. The zero-order valence-electron chi connectivity index (χ0n) is 13.2. The largest absolute Gasteiger partial charge is 0.332 e. The van der Waals surface area contributed by atoms with Crippen molar-refractivity contribution in [2.24, 2.45) is 5.92 Å². The first-order valence-electron chi connectivity index (χ1n) is 8.64. The van der Waals surface area contributed by atoms with Crippen molar-refractivity contribution in [2.75, 3.05) is 26.2 Å².